The molecule has 0 radical (unpaired) electrons. The molecule has 152 valence electrons. The number of ether oxygens (including phenoxy) is 1. The number of benzene rings is 2. The van der Waals surface area contributed by atoms with Gasteiger partial charge in [-0.1, -0.05) is 49.4 Å². The van der Waals surface area contributed by atoms with Gasteiger partial charge in [0.1, 0.15) is 0 Å². The van der Waals surface area contributed by atoms with E-state index in [4.69, 9.17) is 4.74 Å². The van der Waals surface area contributed by atoms with E-state index in [9.17, 15) is 4.79 Å². The van der Waals surface area contributed by atoms with Gasteiger partial charge in [-0.3, -0.25) is 4.79 Å². The maximum Gasteiger partial charge on any atom is 0.224 e. The fourth-order valence-electron chi connectivity index (χ4n) is 3.63. The molecule has 1 heterocycles. The second kappa shape index (κ2) is 11.8. The number of rotatable bonds is 8. The molecular formula is C23H31ClN2O2. The largest absolute Gasteiger partial charge is 0.372 e. The van der Waals surface area contributed by atoms with Crippen LogP contribution >= 0.6 is 12.4 Å². The van der Waals surface area contributed by atoms with E-state index < -0.39 is 0 Å². The van der Waals surface area contributed by atoms with Gasteiger partial charge in [-0.15, -0.1) is 12.4 Å². The molecule has 0 aromatic heterocycles. The second-order valence-corrected chi connectivity index (χ2v) is 7.49. The van der Waals surface area contributed by atoms with E-state index in [1.165, 1.54) is 18.4 Å². The Hall–Kier alpha value is -1.88. The van der Waals surface area contributed by atoms with Crippen molar-refractivity contribution in [2.24, 2.45) is 11.8 Å². The summed E-state index contributed by atoms with van der Waals surface area (Å²) in [5.74, 6) is 1.19. The van der Waals surface area contributed by atoms with E-state index in [1.807, 2.05) is 42.5 Å². The highest BCUT2D eigenvalue weighted by molar-refractivity contribution is 5.90. The third-order valence-corrected chi connectivity index (χ3v) is 5.31. The summed E-state index contributed by atoms with van der Waals surface area (Å²) in [7, 11) is 0. The predicted molar refractivity (Wildman–Crippen MR) is 117 cm³/mol. The summed E-state index contributed by atoms with van der Waals surface area (Å²) >= 11 is 0. The third kappa shape index (κ3) is 7.27. The van der Waals surface area contributed by atoms with Crippen LogP contribution < -0.4 is 10.6 Å². The molecule has 0 bridgehead atoms. The number of hydrogen-bond acceptors (Lipinski definition) is 3. The first-order valence-electron chi connectivity index (χ1n) is 9.92. The number of carbonyl (C=O) groups excluding carboxylic acids is 1. The second-order valence-electron chi connectivity index (χ2n) is 7.49. The average Bonchev–Trinajstić information content (AvgIpc) is 2.71. The van der Waals surface area contributed by atoms with Crippen LogP contribution in [0.3, 0.4) is 0 Å². The SMILES string of the molecule is CC(CC(=O)Nc1ccc(COCc2ccccc2)cc1)C1CCNCC1.Cl. The third-order valence-electron chi connectivity index (χ3n) is 5.31. The molecule has 2 aromatic carbocycles. The number of halogens is 1. The van der Waals surface area contributed by atoms with Crippen molar-refractivity contribution in [3.05, 3.63) is 65.7 Å². The highest BCUT2D eigenvalue weighted by Crippen LogP contribution is 2.24. The fourth-order valence-corrected chi connectivity index (χ4v) is 3.63. The molecule has 2 aromatic rings. The Bertz CT molecular complexity index is 700. The smallest absolute Gasteiger partial charge is 0.224 e. The number of carbonyl (C=O) groups is 1. The van der Waals surface area contributed by atoms with Crippen LogP contribution in [0.5, 0.6) is 0 Å². The van der Waals surface area contributed by atoms with Gasteiger partial charge < -0.3 is 15.4 Å². The molecule has 0 saturated carbocycles. The Labute approximate surface area is 174 Å². The number of anilines is 1. The topological polar surface area (TPSA) is 50.4 Å². The molecule has 1 atom stereocenters. The summed E-state index contributed by atoms with van der Waals surface area (Å²) in [5.41, 5.74) is 3.13. The van der Waals surface area contributed by atoms with Gasteiger partial charge in [-0.25, -0.2) is 0 Å². The Morgan fingerprint density at radius 3 is 2.29 bits per heavy atom. The standard InChI is InChI=1S/C23H30N2O2.ClH/c1-18(21-11-13-24-14-12-21)15-23(26)25-22-9-7-20(8-10-22)17-27-16-19-5-3-2-4-6-19;/h2-10,18,21,24H,11-17H2,1H3,(H,25,26);1H. The molecule has 2 N–H and O–H groups in total. The minimum atomic E-state index is 0. The molecule has 28 heavy (non-hydrogen) atoms. The number of hydrogen-bond donors (Lipinski definition) is 2. The van der Waals surface area contributed by atoms with Crippen molar-refractivity contribution in [1.82, 2.24) is 5.32 Å². The first-order valence-corrected chi connectivity index (χ1v) is 9.92. The normalized spacial score (nSPS) is 15.5. The first kappa shape index (κ1) is 22.4. The van der Waals surface area contributed by atoms with Crippen LogP contribution in [0.15, 0.2) is 54.6 Å². The van der Waals surface area contributed by atoms with Crippen LogP contribution in [0.4, 0.5) is 5.69 Å². The molecule has 5 heteroatoms. The van der Waals surface area contributed by atoms with Gasteiger partial charge >= 0.3 is 0 Å². The number of nitrogens with one attached hydrogen (secondary N) is 2. The van der Waals surface area contributed by atoms with Crippen molar-refractivity contribution < 1.29 is 9.53 Å². The maximum absolute atomic E-state index is 12.3. The predicted octanol–water partition coefficient (Wildman–Crippen LogP) is 4.79. The lowest BCUT2D eigenvalue weighted by molar-refractivity contribution is -0.117. The molecule has 4 nitrogen and oxygen atoms in total. The van der Waals surface area contributed by atoms with Crippen molar-refractivity contribution in [2.45, 2.75) is 39.4 Å². The Kier molecular flexibility index (Phi) is 9.48. The minimum absolute atomic E-state index is 0. The van der Waals surface area contributed by atoms with Crippen molar-refractivity contribution >= 4 is 24.0 Å². The molecule has 1 saturated heterocycles. The van der Waals surface area contributed by atoms with E-state index in [0.29, 0.717) is 31.5 Å². The van der Waals surface area contributed by atoms with Crippen LogP contribution in [0.25, 0.3) is 0 Å². The lowest BCUT2D eigenvalue weighted by Gasteiger charge is -2.27. The van der Waals surface area contributed by atoms with Crippen molar-refractivity contribution in [2.75, 3.05) is 18.4 Å². The maximum atomic E-state index is 12.3. The summed E-state index contributed by atoms with van der Waals surface area (Å²) in [6.45, 7) is 5.52. The van der Waals surface area contributed by atoms with Gasteiger partial charge in [0, 0.05) is 12.1 Å². The molecule has 1 unspecified atom stereocenters. The van der Waals surface area contributed by atoms with E-state index in [1.54, 1.807) is 0 Å². The van der Waals surface area contributed by atoms with Crippen LogP contribution in [-0.4, -0.2) is 19.0 Å². The van der Waals surface area contributed by atoms with Crippen molar-refractivity contribution in [1.29, 1.82) is 0 Å². The Morgan fingerprint density at radius 1 is 1.04 bits per heavy atom. The monoisotopic (exact) mass is 402 g/mol. The van der Waals surface area contributed by atoms with Crippen LogP contribution in [-0.2, 0) is 22.7 Å². The molecule has 1 amide bonds. The quantitative estimate of drug-likeness (QED) is 0.667. The van der Waals surface area contributed by atoms with Crippen LogP contribution in [0, 0.1) is 11.8 Å². The van der Waals surface area contributed by atoms with Gasteiger partial charge in [0.25, 0.3) is 0 Å². The van der Waals surface area contributed by atoms with Crippen LogP contribution in [0.1, 0.15) is 37.3 Å². The highest BCUT2D eigenvalue weighted by atomic mass is 35.5. The molecule has 0 spiro atoms. The van der Waals surface area contributed by atoms with E-state index >= 15 is 0 Å². The van der Waals surface area contributed by atoms with E-state index in [2.05, 4.69) is 29.7 Å². The summed E-state index contributed by atoms with van der Waals surface area (Å²) in [4.78, 5) is 12.3. The average molecular weight is 403 g/mol. The lowest BCUT2D eigenvalue weighted by atomic mass is 9.84. The molecule has 1 aliphatic rings. The molecule has 3 rings (SSSR count). The van der Waals surface area contributed by atoms with E-state index in [-0.39, 0.29) is 18.3 Å². The number of piperidine rings is 1. The highest BCUT2D eigenvalue weighted by Gasteiger charge is 2.21. The molecular weight excluding hydrogens is 372 g/mol. The minimum Gasteiger partial charge on any atom is -0.372 e. The summed E-state index contributed by atoms with van der Waals surface area (Å²) in [6.07, 6.45) is 2.94. The molecule has 1 aliphatic heterocycles. The van der Waals surface area contributed by atoms with Crippen molar-refractivity contribution in [3.8, 4) is 0 Å². The zero-order valence-electron chi connectivity index (χ0n) is 16.5. The fraction of sp³-hybridized carbons (Fsp3) is 0.435. The van der Waals surface area contributed by atoms with Crippen molar-refractivity contribution in [3.63, 3.8) is 0 Å². The molecule has 0 aliphatic carbocycles. The van der Waals surface area contributed by atoms with E-state index in [0.717, 1.165) is 24.3 Å². The zero-order chi connectivity index (χ0) is 18.9. The van der Waals surface area contributed by atoms with Gasteiger partial charge in [-0.2, -0.15) is 0 Å². The lowest BCUT2D eigenvalue weighted by Crippen LogP contribution is -2.32. The summed E-state index contributed by atoms with van der Waals surface area (Å²) in [5, 5.41) is 6.41. The number of amides is 1. The molecule has 1 fully saturated rings. The summed E-state index contributed by atoms with van der Waals surface area (Å²) < 4.78 is 5.75. The van der Waals surface area contributed by atoms with Gasteiger partial charge in [0.15, 0.2) is 0 Å². The Morgan fingerprint density at radius 2 is 1.64 bits per heavy atom. The van der Waals surface area contributed by atoms with Gasteiger partial charge in [0.05, 0.1) is 13.2 Å². The summed E-state index contributed by atoms with van der Waals surface area (Å²) in [6, 6.07) is 18.1. The Balaban J connectivity index is 0.00000280. The zero-order valence-corrected chi connectivity index (χ0v) is 17.3. The first-order chi connectivity index (χ1) is 13.2. The van der Waals surface area contributed by atoms with Crippen LogP contribution in [0.2, 0.25) is 0 Å². The van der Waals surface area contributed by atoms with Gasteiger partial charge in [-0.05, 0) is 61.0 Å². The van der Waals surface area contributed by atoms with Gasteiger partial charge in [0.2, 0.25) is 5.91 Å².